The van der Waals surface area contributed by atoms with Crippen LogP contribution in [-0.4, -0.2) is 59.8 Å². The summed E-state index contributed by atoms with van der Waals surface area (Å²) in [7, 11) is 0. The van der Waals surface area contributed by atoms with Crippen LogP contribution >= 0.6 is 0 Å². The van der Waals surface area contributed by atoms with Crippen LogP contribution in [0.5, 0.6) is 0 Å². The summed E-state index contributed by atoms with van der Waals surface area (Å²) in [6.07, 6.45) is 0. The maximum Gasteiger partial charge on any atom is 0.227 e. The summed E-state index contributed by atoms with van der Waals surface area (Å²) in [5.41, 5.74) is 18.2. The minimum atomic E-state index is 0.604. The van der Waals surface area contributed by atoms with Crippen molar-refractivity contribution < 1.29 is 13.3 Å². The normalized spacial score (nSPS) is 11.5. The molecule has 27 rings (SSSR count). The summed E-state index contributed by atoms with van der Waals surface area (Å²) in [5.74, 6) is 7.42. The quantitative estimate of drug-likeness (QED) is 0.0989. The molecule has 0 spiro atoms. The van der Waals surface area contributed by atoms with Crippen LogP contribution in [0, 0.1) is 0 Å². The van der Waals surface area contributed by atoms with Gasteiger partial charge in [0.2, 0.25) is 17.7 Å². The van der Waals surface area contributed by atoms with Crippen LogP contribution in [0.15, 0.2) is 462 Å². The highest BCUT2D eigenvalue weighted by molar-refractivity contribution is 6.21. The Morgan fingerprint density at radius 1 is 0.124 bits per heavy atom. The zero-order valence-corrected chi connectivity index (χ0v) is 73.3. The minimum absolute atomic E-state index is 0.604. The predicted molar refractivity (Wildman–Crippen MR) is 553 cm³/mol. The first-order chi connectivity index (χ1) is 67.8. The van der Waals surface area contributed by atoms with E-state index >= 15 is 0 Å². The Kier molecular flexibility index (Phi) is 20.2. The van der Waals surface area contributed by atoms with Gasteiger partial charge in [-0.3, -0.25) is 0 Å². The molecule has 0 atom stereocenters. The Hall–Kier alpha value is -18.9. The molecule has 6 aromatic heterocycles. The van der Waals surface area contributed by atoms with E-state index in [2.05, 4.69) is 243 Å². The van der Waals surface area contributed by atoms with Gasteiger partial charge in [0.25, 0.3) is 0 Å². The van der Waals surface area contributed by atoms with Crippen LogP contribution in [-0.2, 0) is 0 Å². The number of hydrogen-bond acceptors (Lipinski definition) is 15. The third-order valence-corrected chi connectivity index (χ3v) is 25.1. The molecule has 0 radical (unpaired) electrons. The van der Waals surface area contributed by atoms with Gasteiger partial charge >= 0.3 is 0 Å². The van der Waals surface area contributed by atoms with Crippen molar-refractivity contribution in [1.29, 1.82) is 0 Å². The molecule has 137 heavy (non-hydrogen) atoms. The van der Waals surface area contributed by atoms with Gasteiger partial charge in [-0.2, -0.15) is 0 Å². The van der Waals surface area contributed by atoms with Crippen LogP contribution < -0.4 is 0 Å². The lowest BCUT2D eigenvalue weighted by atomic mass is 9.99. The SMILES string of the molecule is c1ccc(-c2cccc(-c3nc(-c4ccccc4)nc(-c4ccc5ccc6ccc7nc(-c8ccccc8)oc7c6c5c4)n3)c2)cc1.c1ccc(-c2nc(-c3ccccc3)nc(-c3ccc4ccc5ccc6nc(-c7ccccc7)oc6c5c4c3)n2)cc1.c1ccc(-c2nc3ccc4ccc5ccc(-c6nc(-c7ccc8ccccc8c7)nc(-c7ccc8ccccc8c7)n6)cc5c4c3o2)cc1. The standard InChI is InChI=1S/C44H26N4O.C42H26N4O.C36H22N4O/c1-2-10-31(11-3-1)44-45-38-23-22-30-18-16-29-17-21-36(26-37(29)39(30)40(38)49-44)43-47-41(34-19-14-27-8-4-6-12-32(27)24-34)46-42(48-43)35-20-15-28-9-5-7-13-33(28)25-35;1-4-11-27(12-5-1)32-17-10-18-33(25-32)40-44-39(30-13-6-2-7-14-30)45-41(46-40)34-22-20-28-19-21-29-23-24-36-38(37(29)35(28)26-34)47-42(43-36)31-15-8-3-9-16-31;1-4-10-25(11-5-1)33-38-34(26-12-6-2-7-13-26)40-35(39-33)28-19-17-23-16-18-24-20-21-30-32(31(24)29(23)22-28)41-36(37-30)27-14-8-3-9-15-27/h1-26H;1-26H;1-22H. The van der Waals surface area contributed by atoms with E-state index in [1.165, 1.54) is 10.8 Å². The van der Waals surface area contributed by atoms with Gasteiger partial charge in [0, 0.05) is 82.9 Å². The van der Waals surface area contributed by atoms with Gasteiger partial charge in [-0.25, -0.2) is 59.8 Å². The smallest absolute Gasteiger partial charge is 0.227 e. The van der Waals surface area contributed by atoms with E-state index in [1.807, 2.05) is 206 Å². The van der Waals surface area contributed by atoms with E-state index in [9.17, 15) is 0 Å². The van der Waals surface area contributed by atoms with Gasteiger partial charge in [-0.15, -0.1) is 0 Å². The van der Waals surface area contributed by atoms with Crippen LogP contribution in [0.25, 0.3) is 267 Å². The summed E-state index contributed by atoms with van der Waals surface area (Å²) >= 11 is 0. The van der Waals surface area contributed by atoms with Crippen molar-refractivity contribution in [2.45, 2.75) is 0 Å². The molecule has 0 fully saturated rings. The topological polar surface area (TPSA) is 194 Å². The van der Waals surface area contributed by atoms with Crippen molar-refractivity contribution >= 4 is 119 Å². The second kappa shape index (κ2) is 34.5. The molecule has 21 aromatic carbocycles. The zero-order chi connectivity index (χ0) is 90.6. The lowest BCUT2D eigenvalue weighted by Gasteiger charge is -2.11. The minimum Gasteiger partial charge on any atom is -0.435 e. The Balaban J connectivity index is 0.000000110. The second-order valence-electron chi connectivity index (χ2n) is 33.8. The van der Waals surface area contributed by atoms with E-state index in [-0.39, 0.29) is 0 Å². The fourth-order valence-corrected chi connectivity index (χ4v) is 18.3. The first-order valence-corrected chi connectivity index (χ1v) is 45.3. The highest BCUT2D eigenvalue weighted by atomic mass is 16.4. The Morgan fingerprint density at radius 3 is 0.642 bits per heavy atom. The summed E-state index contributed by atoms with van der Waals surface area (Å²) < 4.78 is 19.4. The molecular weight excluding hydrogens is 1680 g/mol. The monoisotopic (exact) mass is 1750 g/mol. The molecule has 15 nitrogen and oxygen atoms in total. The van der Waals surface area contributed by atoms with Crippen LogP contribution in [0.3, 0.4) is 0 Å². The molecular formula is C122H74N12O3. The number of oxazole rings is 3. The Morgan fingerprint density at radius 2 is 0.336 bits per heavy atom. The Labute approximate surface area is 784 Å². The largest absolute Gasteiger partial charge is 0.435 e. The molecule has 6 heterocycles. The molecule has 15 heteroatoms. The van der Waals surface area contributed by atoms with Gasteiger partial charge in [0.1, 0.15) is 16.6 Å². The molecule has 640 valence electrons. The van der Waals surface area contributed by atoms with E-state index in [0.29, 0.717) is 70.1 Å². The molecule has 0 amide bonds. The second-order valence-corrected chi connectivity index (χ2v) is 33.8. The third-order valence-electron chi connectivity index (χ3n) is 25.1. The molecule has 0 N–H and O–H groups in total. The van der Waals surface area contributed by atoms with Gasteiger partial charge in [-0.05, 0) is 172 Å². The lowest BCUT2D eigenvalue weighted by molar-refractivity contribution is 0.623. The number of nitrogens with zero attached hydrogens (tertiary/aromatic N) is 12. The van der Waals surface area contributed by atoms with E-state index in [4.69, 9.17) is 73.1 Å². The van der Waals surface area contributed by atoms with Crippen molar-refractivity contribution in [3.8, 4) is 148 Å². The molecule has 27 aromatic rings. The van der Waals surface area contributed by atoms with E-state index in [0.717, 1.165) is 187 Å². The van der Waals surface area contributed by atoms with Crippen molar-refractivity contribution in [1.82, 2.24) is 59.8 Å². The van der Waals surface area contributed by atoms with Crippen molar-refractivity contribution in [3.63, 3.8) is 0 Å². The molecule has 0 saturated carbocycles. The number of aromatic nitrogens is 12. The van der Waals surface area contributed by atoms with Crippen molar-refractivity contribution in [2.24, 2.45) is 0 Å². The highest BCUT2D eigenvalue weighted by Gasteiger charge is 2.24. The van der Waals surface area contributed by atoms with Gasteiger partial charge < -0.3 is 13.3 Å². The fraction of sp³-hybridized carbons (Fsp3) is 0. The van der Waals surface area contributed by atoms with Crippen LogP contribution in [0.2, 0.25) is 0 Å². The maximum absolute atomic E-state index is 6.49. The lowest BCUT2D eigenvalue weighted by Crippen LogP contribution is -2.00. The number of rotatable bonds is 13. The van der Waals surface area contributed by atoms with Gasteiger partial charge in [0.05, 0.1) is 0 Å². The molecule has 0 saturated heterocycles. The van der Waals surface area contributed by atoms with Crippen molar-refractivity contribution in [2.75, 3.05) is 0 Å². The fourth-order valence-electron chi connectivity index (χ4n) is 18.3. The first-order valence-electron chi connectivity index (χ1n) is 45.3. The highest BCUT2D eigenvalue weighted by Crippen LogP contribution is 2.43. The summed E-state index contributed by atoms with van der Waals surface area (Å²) in [6, 6.07) is 153. The zero-order valence-electron chi connectivity index (χ0n) is 73.3. The number of benzene rings is 21. The summed E-state index contributed by atoms with van der Waals surface area (Å²) in [5, 5.41) is 17.4. The Bertz CT molecular complexity index is 9200. The van der Waals surface area contributed by atoms with Gasteiger partial charge in [-0.1, -0.05) is 358 Å². The average Bonchev–Trinajstić information content (AvgIpc) is 1.71. The molecule has 0 aliphatic heterocycles. The molecule has 0 unspecified atom stereocenters. The molecule has 0 bridgehead atoms. The average molecular weight is 1760 g/mol. The predicted octanol–water partition coefficient (Wildman–Crippen LogP) is 30.9. The molecule has 0 aliphatic carbocycles. The third kappa shape index (κ3) is 15.5. The van der Waals surface area contributed by atoms with Gasteiger partial charge in [0.15, 0.2) is 69.2 Å². The summed E-state index contributed by atoms with van der Waals surface area (Å²) in [4.78, 5) is 59.5. The molecule has 0 aliphatic rings. The maximum atomic E-state index is 6.49. The summed E-state index contributed by atoms with van der Waals surface area (Å²) in [6.45, 7) is 0. The number of fused-ring (bicyclic) bond motifs is 17. The van der Waals surface area contributed by atoms with Crippen LogP contribution in [0.1, 0.15) is 0 Å². The van der Waals surface area contributed by atoms with Crippen LogP contribution in [0.4, 0.5) is 0 Å². The van der Waals surface area contributed by atoms with Crippen molar-refractivity contribution in [3.05, 3.63) is 449 Å². The van der Waals surface area contributed by atoms with E-state index in [1.54, 1.807) is 0 Å². The number of hydrogen-bond donors (Lipinski definition) is 0. The van der Waals surface area contributed by atoms with E-state index < -0.39 is 0 Å². The first kappa shape index (κ1) is 80.2.